The summed E-state index contributed by atoms with van der Waals surface area (Å²) in [7, 11) is 3.48. The van der Waals surface area contributed by atoms with E-state index in [-0.39, 0.29) is 5.60 Å². The van der Waals surface area contributed by atoms with Gasteiger partial charge in [-0.25, -0.2) is 0 Å². The van der Waals surface area contributed by atoms with E-state index in [4.69, 9.17) is 14.2 Å². The molecule has 4 nitrogen and oxygen atoms in total. The highest BCUT2D eigenvalue weighted by Gasteiger charge is 2.51. The largest absolute Gasteiger partial charge is 0.497 e. The van der Waals surface area contributed by atoms with Gasteiger partial charge in [0.2, 0.25) is 0 Å². The Balaban J connectivity index is 1.87. The number of ether oxygens (including phenoxy) is 3. The molecule has 1 fully saturated rings. The minimum Gasteiger partial charge on any atom is -0.497 e. The van der Waals surface area contributed by atoms with Crippen molar-refractivity contribution in [2.24, 2.45) is 0 Å². The van der Waals surface area contributed by atoms with E-state index in [1.165, 1.54) is 5.56 Å². The highest BCUT2D eigenvalue weighted by Crippen LogP contribution is 2.50. The van der Waals surface area contributed by atoms with Crippen LogP contribution in [-0.4, -0.2) is 32.5 Å². The van der Waals surface area contributed by atoms with Gasteiger partial charge >= 0.3 is 0 Å². The van der Waals surface area contributed by atoms with Crippen LogP contribution in [0.3, 0.4) is 0 Å². The molecule has 20 heavy (non-hydrogen) atoms. The van der Waals surface area contributed by atoms with Gasteiger partial charge in [0, 0.05) is 38.0 Å². The molecular weight excluding hydrogens is 254 g/mol. The van der Waals surface area contributed by atoms with Gasteiger partial charge < -0.3 is 19.5 Å². The van der Waals surface area contributed by atoms with Crippen LogP contribution < -0.4 is 14.8 Å². The maximum atomic E-state index is 6.29. The maximum absolute atomic E-state index is 6.29. The van der Waals surface area contributed by atoms with Crippen molar-refractivity contribution in [3.8, 4) is 11.5 Å². The van der Waals surface area contributed by atoms with Crippen molar-refractivity contribution in [2.75, 3.05) is 20.8 Å². The fourth-order valence-electron chi connectivity index (χ4n) is 3.39. The molecule has 0 aromatic heterocycles. The number of hydrogen-bond acceptors (Lipinski definition) is 4. The molecule has 1 heterocycles. The molecule has 1 aromatic carbocycles. The minimum absolute atomic E-state index is 0.0465. The monoisotopic (exact) mass is 277 g/mol. The van der Waals surface area contributed by atoms with Crippen molar-refractivity contribution >= 4 is 0 Å². The third-order valence-electron chi connectivity index (χ3n) is 4.48. The zero-order valence-electron chi connectivity index (χ0n) is 12.4. The molecule has 0 amide bonds. The topological polar surface area (TPSA) is 39.7 Å². The first-order valence-corrected chi connectivity index (χ1v) is 7.33. The van der Waals surface area contributed by atoms with Crippen molar-refractivity contribution < 1.29 is 14.2 Å². The van der Waals surface area contributed by atoms with Crippen molar-refractivity contribution in [3.63, 3.8) is 0 Å². The van der Waals surface area contributed by atoms with Gasteiger partial charge in [-0.1, -0.05) is 6.92 Å². The molecule has 1 spiro atoms. The predicted molar refractivity (Wildman–Crippen MR) is 77.4 cm³/mol. The first-order valence-electron chi connectivity index (χ1n) is 7.33. The summed E-state index contributed by atoms with van der Waals surface area (Å²) in [6, 6.07) is 6.41. The highest BCUT2D eigenvalue weighted by atomic mass is 16.5. The van der Waals surface area contributed by atoms with Crippen LogP contribution in [0.5, 0.6) is 11.5 Å². The van der Waals surface area contributed by atoms with Gasteiger partial charge in [0.15, 0.2) is 0 Å². The van der Waals surface area contributed by atoms with E-state index in [2.05, 4.69) is 18.3 Å². The Hall–Kier alpha value is -1.26. The molecule has 1 saturated carbocycles. The van der Waals surface area contributed by atoms with Crippen molar-refractivity contribution in [1.82, 2.24) is 5.32 Å². The molecule has 110 valence electrons. The van der Waals surface area contributed by atoms with Crippen LogP contribution in [0.15, 0.2) is 18.2 Å². The van der Waals surface area contributed by atoms with Crippen LogP contribution in [-0.2, 0) is 4.74 Å². The molecule has 1 aromatic rings. The van der Waals surface area contributed by atoms with E-state index in [0.29, 0.717) is 12.1 Å². The van der Waals surface area contributed by atoms with Gasteiger partial charge in [-0.15, -0.1) is 0 Å². The standard InChI is InChI=1S/C16H23NO3/c1-4-17-14-10-16(8-12(9-16)19-3)20-15-6-5-11(18-2)7-13(14)15/h5-7,12,14,17H,4,8-10H2,1-3H3. The summed E-state index contributed by atoms with van der Waals surface area (Å²) in [5, 5.41) is 3.57. The average Bonchev–Trinajstić information content (AvgIpc) is 2.44. The number of hydrogen-bond donors (Lipinski definition) is 1. The van der Waals surface area contributed by atoms with Gasteiger partial charge in [-0.3, -0.25) is 0 Å². The van der Waals surface area contributed by atoms with Gasteiger partial charge in [-0.2, -0.15) is 0 Å². The summed E-state index contributed by atoms with van der Waals surface area (Å²) in [6.07, 6.45) is 3.31. The van der Waals surface area contributed by atoms with E-state index in [1.807, 2.05) is 12.1 Å². The maximum Gasteiger partial charge on any atom is 0.125 e. The average molecular weight is 277 g/mol. The first-order chi connectivity index (χ1) is 9.69. The molecule has 0 bridgehead atoms. The molecule has 3 rings (SSSR count). The highest BCUT2D eigenvalue weighted by molar-refractivity contribution is 5.44. The van der Waals surface area contributed by atoms with Gasteiger partial charge in [0.25, 0.3) is 0 Å². The Morgan fingerprint density at radius 3 is 2.75 bits per heavy atom. The van der Waals surface area contributed by atoms with Crippen LogP contribution in [0.2, 0.25) is 0 Å². The molecule has 1 atom stereocenters. The number of fused-ring (bicyclic) bond motifs is 1. The van der Waals surface area contributed by atoms with Crippen LogP contribution in [0, 0.1) is 0 Å². The summed E-state index contributed by atoms with van der Waals surface area (Å²) < 4.78 is 17.0. The summed E-state index contributed by atoms with van der Waals surface area (Å²) >= 11 is 0. The molecule has 4 heteroatoms. The number of nitrogens with one attached hydrogen (secondary N) is 1. The lowest BCUT2D eigenvalue weighted by atomic mass is 9.71. The SMILES string of the molecule is CCNC1CC2(CC(OC)C2)Oc2ccc(OC)cc21. The summed E-state index contributed by atoms with van der Waals surface area (Å²) in [5.41, 5.74) is 1.16. The Morgan fingerprint density at radius 2 is 2.10 bits per heavy atom. The summed E-state index contributed by atoms with van der Waals surface area (Å²) in [4.78, 5) is 0. The van der Waals surface area contributed by atoms with Crippen molar-refractivity contribution in [1.29, 1.82) is 0 Å². The van der Waals surface area contributed by atoms with E-state index in [1.54, 1.807) is 14.2 Å². The zero-order chi connectivity index (χ0) is 14.2. The molecule has 0 radical (unpaired) electrons. The second-order valence-electron chi connectivity index (χ2n) is 5.77. The Kier molecular flexibility index (Phi) is 3.61. The van der Waals surface area contributed by atoms with Crippen LogP contribution >= 0.6 is 0 Å². The van der Waals surface area contributed by atoms with E-state index in [9.17, 15) is 0 Å². The second-order valence-corrected chi connectivity index (χ2v) is 5.77. The Labute approximate surface area is 120 Å². The van der Waals surface area contributed by atoms with Crippen molar-refractivity contribution in [3.05, 3.63) is 23.8 Å². The van der Waals surface area contributed by atoms with E-state index < -0.39 is 0 Å². The smallest absolute Gasteiger partial charge is 0.125 e. The normalized spacial score (nSPS) is 31.4. The van der Waals surface area contributed by atoms with E-state index >= 15 is 0 Å². The number of rotatable bonds is 4. The first kappa shape index (κ1) is 13.7. The lowest BCUT2D eigenvalue weighted by Gasteiger charge is -2.51. The molecular formula is C16H23NO3. The Bertz CT molecular complexity index is 483. The molecule has 1 aliphatic heterocycles. The third-order valence-corrected chi connectivity index (χ3v) is 4.48. The van der Waals surface area contributed by atoms with Crippen LogP contribution in [0.4, 0.5) is 0 Å². The lowest BCUT2D eigenvalue weighted by Crippen LogP contribution is -2.56. The quantitative estimate of drug-likeness (QED) is 0.918. The molecule has 1 unspecified atom stereocenters. The van der Waals surface area contributed by atoms with Gasteiger partial charge in [0.1, 0.15) is 17.1 Å². The molecule has 0 saturated heterocycles. The van der Waals surface area contributed by atoms with Gasteiger partial charge in [-0.05, 0) is 24.7 Å². The third kappa shape index (κ3) is 2.27. The van der Waals surface area contributed by atoms with Crippen molar-refractivity contribution in [2.45, 2.75) is 43.9 Å². The molecule has 1 aliphatic carbocycles. The zero-order valence-corrected chi connectivity index (χ0v) is 12.4. The fourth-order valence-corrected chi connectivity index (χ4v) is 3.39. The molecule has 1 N–H and O–H groups in total. The minimum atomic E-state index is -0.0465. The Morgan fingerprint density at radius 1 is 1.30 bits per heavy atom. The second kappa shape index (κ2) is 5.26. The number of benzene rings is 1. The summed E-state index contributed by atoms with van der Waals surface area (Å²) in [6.45, 7) is 3.09. The predicted octanol–water partition coefficient (Wildman–Crippen LogP) is 2.68. The summed E-state index contributed by atoms with van der Waals surface area (Å²) in [5.74, 6) is 1.87. The van der Waals surface area contributed by atoms with Crippen LogP contribution in [0.25, 0.3) is 0 Å². The lowest BCUT2D eigenvalue weighted by molar-refractivity contribution is -0.126. The fraction of sp³-hybridized carbons (Fsp3) is 0.625. The van der Waals surface area contributed by atoms with Gasteiger partial charge in [0.05, 0.1) is 13.2 Å². The van der Waals surface area contributed by atoms with E-state index in [0.717, 1.165) is 37.3 Å². The van der Waals surface area contributed by atoms with Crippen LogP contribution in [0.1, 0.15) is 37.8 Å². The number of methoxy groups -OCH3 is 2. The molecule has 2 aliphatic rings.